The maximum Gasteiger partial charge on any atom is 0.239 e. The summed E-state index contributed by atoms with van der Waals surface area (Å²) in [5.41, 5.74) is 3.35. The van der Waals surface area contributed by atoms with E-state index in [-0.39, 0.29) is 11.4 Å². The van der Waals surface area contributed by atoms with Crippen molar-refractivity contribution in [2.75, 3.05) is 11.9 Å². The summed E-state index contributed by atoms with van der Waals surface area (Å²) in [7, 11) is 0. The topological polar surface area (TPSA) is 50.2 Å². The number of aromatic nitrogens is 2. The Morgan fingerprint density at radius 3 is 2.41 bits per heavy atom. The summed E-state index contributed by atoms with van der Waals surface area (Å²) in [6.45, 7) is 11.6. The summed E-state index contributed by atoms with van der Waals surface area (Å²) >= 11 is 0. The highest BCUT2D eigenvalue weighted by Crippen LogP contribution is 2.28. The van der Waals surface area contributed by atoms with E-state index in [1.54, 1.807) is 0 Å². The van der Waals surface area contributed by atoms with Gasteiger partial charge in [0.2, 0.25) is 5.91 Å². The van der Waals surface area contributed by atoms with Gasteiger partial charge in [0.15, 0.2) is 0 Å². The predicted octanol–water partition coefficient (Wildman–Crippen LogP) is 4.11. The first-order chi connectivity index (χ1) is 12.8. The van der Waals surface area contributed by atoms with Gasteiger partial charge in [-0.3, -0.25) is 9.69 Å². The van der Waals surface area contributed by atoms with Crippen LogP contribution >= 0.6 is 0 Å². The van der Waals surface area contributed by atoms with Gasteiger partial charge in [0.05, 0.1) is 17.8 Å². The Hall–Kier alpha value is -2.14. The van der Waals surface area contributed by atoms with Gasteiger partial charge in [0.25, 0.3) is 0 Å². The second-order valence-corrected chi connectivity index (χ2v) is 8.61. The molecule has 3 rings (SSSR count). The molecule has 1 saturated carbocycles. The Kier molecular flexibility index (Phi) is 5.70. The van der Waals surface area contributed by atoms with Crippen LogP contribution in [0.3, 0.4) is 0 Å². The van der Waals surface area contributed by atoms with E-state index in [2.05, 4.69) is 67.3 Å². The van der Waals surface area contributed by atoms with Gasteiger partial charge >= 0.3 is 0 Å². The minimum absolute atomic E-state index is 0.0254. The van der Waals surface area contributed by atoms with Gasteiger partial charge in [-0.15, -0.1) is 0 Å². The maximum absolute atomic E-state index is 12.7. The summed E-state index contributed by atoms with van der Waals surface area (Å²) in [4.78, 5) is 15.0. The normalized spacial score (nSPS) is 14.6. The first-order valence-electron chi connectivity index (χ1n) is 9.95. The zero-order valence-electron chi connectivity index (χ0n) is 17.2. The van der Waals surface area contributed by atoms with Gasteiger partial charge in [-0.2, -0.15) is 5.10 Å². The van der Waals surface area contributed by atoms with Crippen molar-refractivity contribution >= 4 is 11.7 Å². The van der Waals surface area contributed by atoms with Crippen LogP contribution in [0, 0.1) is 6.92 Å². The number of carbonyl (C=O) groups is 1. The molecule has 0 aliphatic heterocycles. The Morgan fingerprint density at radius 2 is 1.85 bits per heavy atom. The molecule has 1 aromatic heterocycles. The van der Waals surface area contributed by atoms with Crippen LogP contribution in [-0.2, 0) is 23.3 Å². The fourth-order valence-electron chi connectivity index (χ4n) is 3.34. The molecule has 27 heavy (non-hydrogen) atoms. The lowest BCUT2D eigenvalue weighted by atomic mass is 10.1. The molecular formula is C22H32N4O. The van der Waals surface area contributed by atoms with E-state index in [4.69, 9.17) is 0 Å². The summed E-state index contributed by atoms with van der Waals surface area (Å²) in [5.74, 6) is 0.797. The molecule has 0 radical (unpaired) electrons. The third-order valence-electron chi connectivity index (χ3n) is 4.96. The van der Waals surface area contributed by atoms with Crippen LogP contribution in [0.5, 0.6) is 0 Å². The molecule has 146 valence electrons. The molecule has 5 heteroatoms. The highest BCUT2D eigenvalue weighted by atomic mass is 16.2. The molecule has 0 unspecified atom stereocenters. The number of benzene rings is 1. The molecule has 1 N–H and O–H groups in total. The largest absolute Gasteiger partial charge is 0.310 e. The smallest absolute Gasteiger partial charge is 0.239 e. The van der Waals surface area contributed by atoms with Gasteiger partial charge in [-0.1, -0.05) is 31.2 Å². The second kappa shape index (κ2) is 7.85. The number of rotatable bonds is 7. The van der Waals surface area contributed by atoms with Crippen LogP contribution in [0.4, 0.5) is 5.82 Å². The summed E-state index contributed by atoms with van der Waals surface area (Å²) < 4.78 is 1.89. The average molecular weight is 369 g/mol. The average Bonchev–Trinajstić information content (AvgIpc) is 3.37. The first kappa shape index (κ1) is 19.6. The molecule has 0 saturated heterocycles. The minimum Gasteiger partial charge on any atom is -0.310 e. The number of anilines is 1. The Morgan fingerprint density at radius 1 is 1.22 bits per heavy atom. The van der Waals surface area contributed by atoms with E-state index in [1.165, 1.54) is 24.0 Å². The molecule has 1 aliphatic carbocycles. The van der Waals surface area contributed by atoms with Crippen molar-refractivity contribution in [3.63, 3.8) is 0 Å². The lowest BCUT2D eigenvalue weighted by Gasteiger charge is -2.24. The van der Waals surface area contributed by atoms with E-state index in [0.717, 1.165) is 24.5 Å². The van der Waals surface area contributed by atoms with Gasteiger partial charge < -0.3 is 5.32 Å². The molecule has 1 fully saturated rings. The number of nitrogens with one attached hydrogen (secondary N) is 1. The molecular weight excluding hydrogens is 336 g/mol. The predicted molar refractivity (Wildman–Crippen MR) is 110 cm³/mol. The monoisotopic (exact) mass is 368 g/mol. The second-order valence-electron chi connectivity index (χ2n) is 8.61. The minimum atomic E-state index is -0.173. The van der Waals surface area contributed by atoms with E-state index in [0.29, 0.717) is 12.6 Å². The van der Waals surface area contributed by atoms with Crippen molar-refractivity contribution in [1.82, 2.24) is 14.7 Å². The first-order valence-corrected chi connectivity index (χ1v) is 9.95. The van der Waals surface area contributed by atoms with Gasteiger partial charge in [0.1, 0.15) is 5.82 Å². The van der Waals surface area contributed by atoms with Crippen LogP contribution in [0.15, 0.2) is 30.3 Å². The van der Waals surface area contributed by atoms with E-state index in [9.17, 15) is 4.79 Å². The lowest BCUT2D eigenvalue weighted by molar-refractivity contribution is -0.117. The zero-order chi connectivity index (χ0) is 19.6. The fourth-order valence-corrected chi connectivity index (χ4v) is 3.34. The van der Waals surface area contributed by atoms with Gasteiger partial charge in [-0.05, 0) is 58.1 Å². The molecule has 1 amide bonds. The molecule has 1 aromatic carbocycles. The quantitative estimate of drug-likeness (QED) is 0.800. The number of carbonyl (C=O) groups excluding carboxylic acids is 1. The third kappa shape index (κ3) is 5.19. The standard InChI is InChI=1S/C22H32N4O/c1-6-17-7-9-18(10-8-17)14-25(19-11-12-19)15-21(27)23-20-13-16(2)24-26(20)22(3,4)5/h7-10,13,19H,6,11-12,14-15H2,1-5H3,(H,23,27). The van der Waals surface area contributed by atoms with Crippen LogP contribution in [0.1, 0.15) is 57.4 Å². The van der Waals surface area contributed by atoms with E-state index in [1.807, 2.05) is 17.7 Å². The Bertz CT molecular complexity index is 782. The number of hydrogen-bond acceptors (Lipinski definition) is 3. The Labute approximate surface area is 162 Å². The van der Waals surface area contributed by atoms with E-state index < -0.39 is 0 Å². The van der Waals surface area contributed by atoms with Crippen molar-refractivity contribution in [2.24, 2.45) is 0 Å². The summed E-state index contributed by atoms with van der Waals surface area (Å²) in [6, 6.07) is 11.2. The fraction of sp³-hybridized carbons (Fsp3) is 0.545. The van der Waals surface area contributed by atoms with Crippen LogP contribution < -0.4 is 5.32 Å². The molecule has 0 bridgehead atoms. The number of aryl methyl sites for hydroxylation is 2. The molecule has 0 atom stereocenters. The molecule has 1 aliphatic rings. The third-order valence-corrected chi connectivity index (χ3v) is 4.96. The van der Waals surface area contributed by atoms with Crippen LogP contribution in [0.2, 0.25) is 0 Å². The van der Waals surface area contributed by atoms with Crippen molar-refractivity contribution in [3.8, 4) is 0 Å². The molecule has 2 aromatic rings. The zero-order valence-corrected chi connectivity index (χ0v) is 17.2. The molecule has 1 heterocycles. The van der Waals surface area contributed by atoms with Crippen LogP contribution in [0.25, 0.3) is 0 Å². The summed E-state index contributed by atoms with van der Waals surface area (Å²) in [6.07, 6.45) is 3.41. The Balaban J connectivity index is 1.66. The number of amides is 1. The van der Waals surface area contributed by atoms with E-state index >= 15 is 0 Å². The van der Waals surface area contributed by atoms with Crippen molar-refractivity contribution in [3.05, 3.63) is 47.2 Å². The lowest BCUT2D eigenvalue weighted by Crippen LogP contribution is -2.35. The maximum atomic E-state index is 12.7. The van der Waals surface area contributed by atoms with Gasteiger partial charge in [0, 0.05) is 18.7 Å². The van der Waals surface area contributed by atoms with Crippen LogP contribution in [-0.4, -0.2) is 33.2 Å². The van der Waals surface area contributed by atoms with Crippen molar-refractivity contribution < 1.29 is 4.79 Å². The number of hydrogen-bond donors (Lipinski definition) is 1. The van der Waals surface area contributed by atoms with Crippen molar-refractivity contribution in [1.29, 1.82) is 0 Å². The highest BCUT2D eigenvalue weighted by Gasteiger charge is 2.30. The molecule has 0 spiro atoms. The SMILES string of the molecule is CCc1ccc(CN(CC(=O)Nc2cc(C)nn2C(C)(C)C)C2CC2)cc1. The summed E-state index contributed by atoms with van der Waals surface area (Å²) in [5, 5.41) is 7.61. The van der Waals surface area contributed by atoms with Gasteiger partial charge in [-0.25, -0.2) is 4.68 Å². The molecule has 5 nitrogen and oxygen atoms in total. The highest BCUT2D eigenvalue weighted by molar-refractivity contribution is 5.91. The van der Waals surface area contributed by atoms with Crippen molar-refractivity contribution in [2.45, 2.75) is 72.0 Å². The number of nitrogens with zero attached hydrogens (tertiary/aromatic N) is 3.